The minimum Gasteiger partial charge on any atom is -0.456 e. The zero-order chi connectivity index (χ0) is 17.5. The molecule has 2 N–H and O–H groups in total. The van der Waals surface area contributed by atoms with Crippen molar-refractivity contribution in [2.24, 2.45) is 0 Å². The summed E-state index contributed by atoms with van der Waals surface area (Å²) >= 11 is 6.05. The minimum absolute atomic E-state index is 0.335. The second kappa shape index (κ2) is 6.07. The van der Waals surface area contributed by atoms with Crippen molar-refractivity contribution in [3.05, 3.63) is 40.8 Å². The summed E-state index contributed by atoms with van der Waals surface area (Å²) in [4.78, 5) is 20.2. The van der Waals surface area contributed by atoms with Crippen molar-refractivity contribution >= 4 is 39.2 Å². The second-order valence-electron chi connectivity index (χ2n) is 6.73. The highest BCUT2D eigenvalue weighted by molar-refractivity contribution is 6.30. The van der Waals surface area contributed by atoms with E-state index in [4.69, 9.17) is 16.3 Å². The first-order valence-electron chi connectivity index (χ1n) is 7.77. The van der Waals surface area contributed by atoms with E-state index in [0.717, 1.165) is 27.4 Å². The van der Waals surface area contributed by atoms with E-state index in [1.165, 1.54) is 0 Å². The Morgan fingerprint density at radius 1 is 1.33 bits per heavy atom. The molecule has 0 radical (unpaired) electrons. The summed E-state index contributed by atoms with van der Waals surface area (Å²) in [5.41, 5.74) is 1.66. The number of hydrogen-bond acceptors (Lipinski definition) is 4. The average molecular weight is 346 g/mol. The Kier molecular flexibility index (Phi) is 4.24. The maximum absolute atomic E-state index is 12.7. The van der Waals surface area contributed by atoms with Gasteiger partial charge in [0, 0.05) is 34.6 Å². The van der Waals surface area contributed by atoms with E-state index >= 15 is 0 Å². The SMILES string of the molecule is CNCc1[nH]c2c(ccc3cnc(Cl)cc32)c1C(=O)OC(C)(C)C. The fraction of sp³-hybridized carbons (Fsp3) is 0.333. The van der Waals surface area contributed by atoms with Gasteiger partial charge in [0.25, 0.3) is 0 Å². The second-order valence-corrected chi connectivity index (χ2v) is 7.11. The molecule has 1 aromatic carbocycles. The van der Waals surface area contributed by atoms with E-state index in [0.29, 0.717) is 17.3 Å². The van der Waals surface area contributed by atoms with Crippen LogP contribution in [0, 0.1) is 0 Å². The zero-order valence-corrected chi connectivity index (χ0v) is 14.9. The maximum Gasteiger partial charge on any atom is 0.341 e. The van der Waals surface area contributed by atoms with Gasteiger partial charge in [-0.05, 0) is 33.9 Å². The van der Waals surface area contributed by atoms with Crippen LogP contribution in [0.25, 0.3) is 21.7 Å². The Labute approximate surface area is 145 Å². The number of rotatable bonds is 3. The fourth-order valence-corrected chi connectivity index (χ4v) is 2.94. The van der Waals surface area contributed by atoms with Gasteiger partial charge in [0.2, 0.25) is 0 Å². The highest BCUT2D eigenvalue weighted by atomic mass is 35.5. The molecule has 0 aliphatic carbocycles. The number of aromatic nitrogens is 2. The first-order chi connectivity index (χ1) is 11.3. The smallest absolute Gasteiger partial charge is 0.341 e. The van der Waals surface area contributed by atoms with Crippen LogP contribution in [0.1, 0.15) is 36.8 Å². The molecular weight excluding hydrogens is 326 g/mol. The average Bonchev–Trinajstić information content (AvgIpc) is 2.84. The predicted molar refractivity (Wildman–Crippen MR) is 96.5 cm³/mol. The Bertz CT molecular complexity index is 925. The van der Waals surface area contributed by atoms with Gasteiger partial charge in [-0.1, -0.05) is 23.7 Å². The van der Waals surface area contributed by atoms with E-state index in [1.807, 2.05) is 40.0 Å². The van der Waals surface area contributed by atoms with Crippen molar-refractivity contribution < 1.29 is 9.53 Å². The molecule has 24 heavy (non-hydrogen) atoms. The zero-order valence-electron chi connectivity index (χ0n) is 14.2. The molecular formula is C18H20ClN3O2. The van der Waals surface area contributed by atoms with Gasteiger partial charge in [0.15, 0.2) is 0 Å². The van der Waals surface area contributed by atoms with Crippen LogP contribution in [0.3, 0.4) is 0 Å². The summed E-state index contributed by atoms with van der Waals surface area (Å²) in [6.07, 6.45) is 1.73. The summed E-state index contributed by atoms with van der Waals surface area (Å²) in [7, 11) is 1.84. The molecule has 0 amide bonds. The largest absolute Gasteiger partial charge is 0.456 e. The molecule has 3 rings (SSSR count). The van der Waals surface area contributed by atoms with E-state index in [-0.39, 0.29) is 5.97 Å². The Morgan fingerprint density at radius 3 is 2.75 bits per heavy atom. The Hall–Kier alpha value is -2.11. The van der Waals surface area contributed by atoms with Gasteiger partial charge in [-0.2, -0.15) is 0 Å². The van der Waals surface area contributed by atoms with Crippen LogP contribution < -0.4 is 5.32 Å². The van der Waals surface area contributed by atoms with E-state index in [2.05, 4.69) is 15.3 Å². The molecule has 0 fully saturated rings. The van der Waals surface area contributed by atoms with Crippen molar-refractivity contribution in [1.82, 2.24) is 15.3 Å². The number of ether oxygens (including phenoxy) is 1. The molecule has 0 aliphatic rings. The molecule has 3 aromatic rings. The van der Waals surface area contributed by atoms with Gasteiger partial charge in [0.05, 0.1) is 11.1 Å². The van der Waals surface area contributed by atoms with E-state index in [9.17, 15) is 4.79 Å². The fourth-order valence-electron chi connectivity index (χ4n) is 2.78. The maximum atomic E-state index is 12.7. The number of halogens is 1. The van der Waals surface area contributed by atoms with Gasteiger partial charge in [-0.25, -0.2) is 9.78 Å². The molecule has 126 valence electrons. The number of nitrogens with zero attached hydrogens (tertiary/aromatic N) is 1. The van der Waals surface area contributed by atoms with Gasteiger partial charge in [-0.15, -0.1) is 0 Å². The van der Waals surface area contributed by atoms with Crippen LogP contribution in [0.4, 0.5) is 0 Å². The summed E-state index contributed by atoms with van der Waals surface area (Å²) in [6, 6.07) is 5.66. The topological polar surface area (TPSA) is 67.0 Å². The number of carbonyl (C=O) groups excluding carboxylic acids is 1. The van der Waals surface area contributed by atoms with Crippen molar-refractivity contribution in [3.8, 4) is 0 Å². The number of pyridine rings is 1. The molecule has 0 aliphatic heterocycles. The molecule has 2 aromatic heterocycles. The van der Waals surface area contributed by atoms with Crippen LogP contribution in [0.5, 0.6) is 0 Å². The third kappa shape index (κ3) is 3.09. The highest BCUT2D eigenvalue weighted by Gasteiger charge is 2.24. The Morgan fingerprint density at radius 2 is 2.08 bits per heavy atom. The van der Waals surface area contributed by atoms with Crippen LogP contribution in [-0.2, 0) is 11.3 Å². The summed E-state index contributed by atoms with van der Waals surface area (Å²) < 4.78 is 5.59. The van der Waals surface area contributed by atoms with Crippen LogP contribution in [-0.4, -0.2) is 28.6 Å². The number of carbonyl (C=O) groups is 1. The van der Waals surface area contributed by atoms with Crippen molar-refractivity contribution in [2.45, 2.75) is 32.9 Å². The minimum atomic E-state index is -0.554. The lowest BCUT2D eigenvalue weighted by Gasteiger charge is -2.19. The predicted octanol–water partition coefficient (Wildman–Crippen LogP) is 4.04. The Balaban J connectivity index is 2.26. The van der Waals surface area contributed by atoms with Gasteiger partial charge < -0.3 is 15.0 Å². The number of benzene rings is 1. The number of esters is 1. The molecule has 5 nitrogen and oxygen atoms in total. The normalized spacial score (nSPS) is 12.0. The van der Waals surface area contributed by atoms with Crippen molar-refractivity contribution in [1.29, 1.82) is 0 Å². The third-order valence-electron chi connectivity index (χ3n) is 3.67. The number of nitrogens with one attached hydrogen (secondary N) is 2. The molecule has 2 heterocycles. The number of aromatic amines is 1. The molecule has 0 spiro atoms. The van der Waals surface area contributed by atoms with E-state index < -0.39 is 5.60 Å². The number of hydrogen-bond donors (Lipinski definition) is 2. The first kappa shape index (κ1) is 16.7. The number of H-pyrrole nitrogens is 1. The first-order valence-corrected chi connectivity index (χ1v) is 8.14. The van der Waals surface area contributed by atoms with Crippen molar-refractivity contribution in [2.75, 3.05) is 7.05 Å². The highest BCUT2D eigenvalue weighted by Crippen LogP contribution is 2.31. The molecule has 0 saturated heterocycles. The third-order valence-corrected chi connectivity index (χ3v) is 3.88. The van der Waals surface area contributed by atoms with Crippen LogP contribution in [0.15, 0.2) is 24.4 Å². The summed E-state index contributed by atoms with van der Waals surface area (Å²) in [5.74, 6) is -0.335. The van der Waals surface area contributed by atoms with Crippen LogP contribution >= 0.6 is 11.6 Å². The van der Waals surface area contributed by atoms with Gasteiger partial charge in [-0.3, -0.25) is 0 Å². The summed E-state index contributed by atoms with van der Waals surface area (Å²) in [6.45, 7) is 6.11. The molecule has 0 bridgehead atoms. The van der Waals surface area contributed by atoms with Crippen LogP contribution in [0.2, 0.25) is 5.15 Å². The van der Waals surface area contributed by atoms with E-state index in [1.54, 1.807) is 12.3 Å². The molecule has 0 saturated carbocycles. The van der Waals surface area contributed by atoms with Crippen molar-refractivity contribution in [3.63, 3.8) is 0 Å². The lowest BCUT2D eigenvalue weighted by Crippen LogP contribution is -2.24. The van der Waals surface area contributed by atoms with Gasteiger partial charge >= 0.3 is 5.97 Å². The lowest BCUT2D eigenvalue weighted by molar-refractivity contribution is 0.00706. The quantitative estimate of drug-likeness (QED) is 0.555. The van der Waals surface area contributed by atoms with Gasteiger partial charge in [0.1, 0.15) is 10.8 Å². The number of fused-ring (bicyclic) bond motifs is 3. The molecule has 0 atom stereocenters. The lowest BCUT2D eigenvalue weighted by atomic mass is 10.1. The summed E-state index contributed by atoms with van der Waals surface area (Å²) in [5, 5.41) is 6.21. The molecule has 6 heteroatoms. The standard InChI is InChI=1S/C18H20ClN3O2/c1-18(2,3)24-17(23)15-11-6-5-10-8-21-14(19)7-12(10)16(11)22-13(15)9-20-4/h5-8,20,22H,9H2,1-4H3. The molecule has 0 unspecified atom stereocenters. The monoisotopic (exact) mass is 345 g/mol.